The maximum Gasteiger partial charge on any atom is 0.120 e. The molecule has 1 nitrogen and oxygen atoms in total. The van der Waals surface area contributed by atoms with Gasteiger partial charge in [-0.25, -0.2) is 0 Å². The van der Waals surface area contributed by atoms with Crippen molar-refractivity contribution in [2.24, 2.45) is 11.8 Å². The van der Waals surface area contributed by atoms with Crippen molar-refractivity contribution in [3.8, 4) is 0 Å². The van der Waals surface area contributed by atoms with Gasteiger partial charge in [0.2, 0.25) is 0 Å². The van der Waals surface area contributed by atoms with E-state index in [0.717, 1.165) is 25.0 Å². The van der Waals surface area contributed by atoms with Gasteiger partial charge >= 0.3 is 0 Å². The summed E-state index contributed by atoms with van der Waals surface area (Å²) < 4.78 is 0. The SMILES string of the molecule is CCCC(C)C(C)CCC=O. The molecule has 0 aromatic rings. The molecule has 0 aliphatic heterocycles. The maximum atomic E-state index is 10.1. The largest absolute Gasteiger partial charge is 0.303 e. The lowest BCUT2D eigenvalue weighted by Crippen LogP contribution is -2.07. The molecule has 2 atom stereocenters. The summed E-state index contributed by atoms with van der Waals surface area (Å²) in [6.45, 7) is 6.73. The minimum absolute atomic E-state index is 0.708. The summed E-state index contributed by atoms with van der Waals surface area (Å²) in [4.78, 5) is 10.1. The molecule has 0 saturated heterocycles. The summed E-state index contributed by atoms with van der Waals surface area (Å²) >= 11 is 0. The standard InChI is InChI=1S/C10H20O/c1-4-6-9(2)10(3)7-5-8-11/h8-10H,4-7H2,1-3H3. The Kier molecular flexibility index (Phi) is 6.19. The van der Waals surface area contributed by atoms with Crippen molar-refractivity contribution in [2.75, 3.05) is 0 Å². The zero-order chi connectivity index (χ0) is 8.69. The van der Waals surface area contributed by atoms with Gasteiger partial charge < -0.3 is 4.79 Å². The number of aldehydes is 1. The maximum absolute atomic E-state index is 10.1. The molecule has 11 heavy (non-hydrogen) atoms. The Labute approximate surface area is 70.2 Å². The molecule has 0 aliphatic rings. The van der Waals surface area contributed by atoms with Crippen molar-refractivity contribution in [3.05, 3.63) is 0 Å². The highest BCUT2D eigenvalue weighted by Crippen LogP contribution is 2.20. The summed E-state index contributed by atoms with van der Waals surface area (Å²) in [5.74, 6) is 1.49. The molecule has 0 saturated carbocycles. The summed E-state index contributed by atoms with van der Waals surface area (Å²) in [6, 6.07) is 0. The van der Waals surface area contributed by atoms with Crippen LogP contribution in [0, 0.1) is 11.8 Å². The highest BCUT2D eigenvalue weighted by atomic mass is 16.1. The van der Waals surface area contributed by atoms with Crippen LogP contribution in [0.3, 0.4) is 0 Å². The van der Waals surface area contributed by atoms with Crippen LogP contribution in [-0.2, 0) is 4.79 Å². The van der Waals surface area contributed by atoms with Gasteiger partial charge in [0, 0.05) is 6.42 Å². The van der Waals surface area contributed by atoms with E-state index in [1.165, 1.54) is 12.8 Å². The molecule has 0 amide bonds. The van der Waals surface area contributed by atoms with E-state index in [2.05, 4.69) is 20.8 Å². The Morgan fingerprint density at radius 2 is 1.73 bits per heavy atom. The first-order valence-electron chi connectivity index (χ1n) is 4.66. The van der Waals surface area contributed by atoms with Gasteiger partial charge in [-0.2, -0.15) is 0 Å². The second-order valence-corrected chi connectivity index (χ2v) is 3.49. The van der Waals surface area contributed by atoms with Crippen molar-refractivity contribution in [1.29, 1.82) is 0 Å². The van der Waals surface area contributed by atoms with Crippen LogP contribution in [0.4, 0.5) is 0 Å². The molecule has 0 spiro atoms. The van der Waals surface area contributed by atoms with Crippen molar-refractivity contribution in [3.63, 3.8) is 0 Å². The van der Waals surface area contributed by atoms with Crippen LogP contribution < -0.4 is 0 Å². The van der Waals surface area contributed by atoms with Crippen LogP contribution in [0.15, 0.2) is 0 Å². The molecular weight excluding hydrogens is 136 g/mol. The Bertz CT molecular complexity index is 99.0. The second-order valence-electron chi connectivity index (χ2n) is 3.49. The molecule has 0 radical (unpaired) electrons. The third kappa shape index (κ3) is 5.00. The number of carbonyl (C=O) groups is 1. The van der Waals surface area contributed by atoms with Gasteiger partial charge in [0.15, 0.2) is 0 Å². The van der Waals surface area contributed by atoms with E-state index in [-0.39, 0.29) is 0 Å². The molecule has 0 fully saturated rings. The van der Waals surface area contributed by atoms with Crippen molar-refractivity contribution < 1.29 is 4.79 Å². The Balaban J connectivity index is 3.45. The Morgan fingerprint density at radius 1 is 1.18 bits per heavy atom. The monoisotopic (exact) mass is 156 g/mol. The predicted molar refractivity (Wildman–Crippen MR) is 48.5 cm³/mol. The second kappa shape index (κ2) is 6.38. The van der Waals surface area contributed by atoms with Crippen LogP contribution in [0.25, 0.3) is 0 Å². The smallest absolute Gasteiger partial charge is 0.120 e. The van der Waals surface area contributed by atoms with Gasteiger partial charge in [-0.15, -0.1) is 0 Å². The molecule has 0 aromatic heterocycles. The molecule has 1 heteroatoms. The van der Waals surface area contributed by atoms with Gasteiger partial charge in [0.1, 0.15) is 6.29 Å². The molecule has 0 heterocycles. The van der Waals surface area contributed by atoms with Crippen LogP contribution in [-0.4, -0.2) is 6.29 Å². The zero-order valence-corrected chi connectivity index (χ0v) is 7.97. The molecule has 0 bridgehead atoms. The van der Waals surface area contributed by atoms with Gasteiger partial charge in [0.05, 0.1) is 0 Å². The third-order valence-electron chi connectivity index (χ3n) is 2.46. The van der Waals surface area contributed by atoms with E-state index in [0.29, 0.717) is 5.92 Å². The first-order chi connectivity index (χ1) is 5.22. The fraction of sp³-hybridized carbons (Fsp3) is 0.900. The molecule has 0 aromatic carbocycles. The van der Waals surface area contributed by atoms with E-state index >= 15 is 0 Å². The first kappa shape index (κ1) is 10.7. The highest BCUT2D eigenvalue weighted by molar-refractivity contribution is 5.49. The van der Waals surface area contributed by atoms with Gasteiger partial charge in [-0.1, -0.05) is 33.6 Å². The summed E-state index contributed by atoms with van der Waals surface area (Å²) in [5, 5.41) is 0. The fourth-order valence-electron chi connectivity index (χ4n) is 1.36. The lowest BCUT2D eigenvalue weighted by atomic mass is 9.88. The zero-order valence-electron chi connectivity index (χ0n) is 7.97. The van der Waals surface area contributed by atoms with E-state index in [1.54, 1.807) is 0 Å². The van der Waals surface area contributed by atoms with Crippen molar-refractivity contribution in [2.45, 2.75) is 46.5 Å². The topological polar surface area (TPSA) is 17.1 Å². The molecule has 66 valence electrons. The Hall–Kier alpha value is -0.330. The molecule has 0 aliphatic carbocycles. The van der Waals surface area contributed by atoms with E-state index in [4.69, 9.17) is 0 Å². The van der Waals surface area contributed by atoms with Gasteiger partial charge in [-0.3, -0.25) is 0 Å². The van der Waals surface area contributed by atoms with Crippen molar-refractivity contribution in [1.82, 2.24) is 0 Å². The first-order valence-corrected chi connectivity index (χ1v) is 4.66. The minimum atomic E-state index is 0.708. The van der Waals surface area contributed by atoms with E-state index in [9.17, 15) is 4.79 Å². The molecule has 2 unspecified atom stereocenters. The van der Waals surface area contributed by atoms with Gasteiger partial charge in [-0.05, 0) is 18.3 Å². The lowest BCUT2D eigenvalue weighted by molar-refractivity contribution is -0.108. The number of hydrogen-bond donors (Lipinski definition) is 0. The van der Waals surface area contributed by atoms with Crippen LogP contribution in [0.2, 0.25) is 0 Å². The summed E-state index contributed by atoms with van der Waals surface area (Å²) in [5.41, 5.74) is 0. The van der Waals surface area contributed by atoms with Crippen LogP contribution in [0.5, 0.6) is 0 Å². The number of hydrogen-bond acceptors (Lipinski definition) is 1. The molecule has 0 rings (SSSR count). The van der Waals surface area contributed by atoms with Crippen LogP contribution in [0.1, 0.15) is 46.5 Å². The summed E-state index contributed by atoms with van der Waals surface area (Å²) in [7, 11) is 0. The quantitative estimate of drug-likeness (QED) is 0.540. The third-order valence-corrected chi connectivity index (χ3v) is 2.46. The van der Waals surface area contributed by atoms with Crippen molar-refractivity contribution >= 4 is 6.29 Å². The number of carbonyl (C=O) groups excluding carboxylic acids is 1. The fourth-order valence-corrected chi connectivity index (χ4v) is 1.36. The number of rotatable bonds is 6. The van der Waals surface area contributed by atoms with Crippen LogP contribution >= 0.6 is 0 Å². The van der Waals surface area contributed by atoms with Gasteiger partial charge in [0.25, 0.3) is 0 Å². The summed E-state index contributed by atoms with van der Waals surface area (Å²) in [6.07, 6.45) is 5.36. The molecular formula is C10H20O. The lowest BCUT2D eigenvalue weighted by Gasteiger charge is -2.17. The Morgan fingerprint density at radius 3 is 2.18 bits per heavy atom. The van der Waals surface area contributed by atoms with E-state index < -0.39 is 0 Å². The highest BCUT2D eigenvalue weighted by Gasteiger charge is 2.09. The normalized spacial score (nSPS) is 15.9. The average Bonchev–Trinajstić information content (AvgIpc) is 2.00. The predicted octanol–water partition coefficient (Wildman–Crippen LogP) is 3.04. The average molecular weight is 156 g/mol. The minimum Gasteiger partial charge on any atom is -0.303 e. The molecule has 0 N–H and O–H groups in total. The van der Waals surface area contributed by atoms with E-state index in [1.807, 2.05) is 0 Å².